The molecular formula is C10H14N4OS. The molecule has 5 nitrogen and oxygen atoms in total. The molecule has 0 aliphatic carbocycles. The molecule has 2 aromatic heterocycles. The fourth-order valence-corrected chi connectivity index (χ4v) is 1.72. The van der Waals surface area contributed by atoms with Crippen molar-refractivity contribution in [2.45, 2.75) is 27.3 Å². The van der Waals surface area contributed by atoms with Crippen LogP contribution in [0.1, 0.15) is 19.5 Å². The Labute approximate surface area is 98.5 Å². The van der Waals surface area contributed by atoms with Crippen LogP contribution < -0.4 is 0 Å². The van der Waals surface area contributed by atoms with Gasteiger partial charge in [0.15, 0.2) is 4.77 Å². The number of H-pyrrole nitrogens is 1. The molecule has 0 fully saturated rings. The van der Waals surface area contributed by atoms with Gasteiger partial charge in [-0.1, -0.05) is 19.0 Å². The summed E-state index contributed by atoms with van der Waals surface area (Å²) in [5.74, 6) is 1.84. The summed E-state index contributed by atoms with van der Waals surface area (Å²) in [4.78, 5) is 0. The number of hydrogen-bond donors (Lipinski definition) is 1. The quantitative estimate of drug-likeness (QED) is 0.835. The van der Waals surface area contributed by atoms with Crippen molar-refractivity contribution in [3.05, 3.63) is 16.5 Å². The van der Waals surface area contributed by atoms with E-state index in [-0.39, 0.29) is 0 Å². The zero-order valence-electron chi connectivity index (χ0n) is 9.52. The molecule has 0 spiro atoms. The second-order valence-electron chi connectivity index (χ2n) is 4.19. The standard InChI is InChI=1S/C10H14N4OS/c1-6(2)5-14-9(11-12-10(14)16)8-4-7(3)13-15-8/h4,6H,5H2,1-3H3,(H,12,16). The van der Waals surface area contributed by atoms with E-state index in [0.717, 1.165) is 12.2 Å². The monoisotopic (exact) mass is 238 g/mol. The number of aryl methyl sites for hydroxylation is 1. The number of aromatic amines is 1. The minimum absolute atomic E-state index is 0.493. The van der Waals surface area contributed by atoms with Gasteiger partial charge in [0, 0.05) is 12.6 Å². The van der Waals surface area contributed by atoms with Crippen LogP contribution >= 0.6 is 12.2 Å². The molecule has 2 rings (SSSR count). The largest absolute Gasteiger partial charge is 0.353 e. The molecular weight excluding hydrogens is 224 g/mol. The van der Waals surface area contributed by atoms with Gasteiger partial charge in [-0.3, -0.25) is 9.67 Å². The van der Waals surface area contributed by atoms with Crippen LogP contribution in [0.25, 0.3) is 11.6 Å². The Balaban J connectivity index is 2.45. The van der Waals surface area contributed by atoms with Gasteiger partial charge in [-0.15, -0.1) is 0 Å². The third-order valence-electron chi connectivity index (χ3n) is 2.15. The van der Waals surface area contributed by atoms with Crippen LogP contribution in [0, 0.1) is 17.6 Å². The predicted molar refractivity (Wildman–Crippen MR) is 62.5 cm³/mol. The van der Waals surface area contributed by atoms with Crippen molar-refractivity contribution in [1.29, 1.82) is 0 Å². The topological polar surface area (TPSA) is 59.6 Å². The van der Waals surface area contributed by atoms with E-state index >= 15 is 0 Å². The summed E-state index contributed by atoms with van der Waals surface area (Å²) in [5, 5.41) is 10.8. The second-order valence-corrected chi connectivity index (χ2v) is 4.58. The summed E-state index contributed by atoms with van der Waals surface area (Å²) < 4.78 is 7.73. The molecule has 86 valence electrons. The Kier molecular flexibility index (Phi) is 2.91. The molecule has 0 atom stereocenters. The fourth-order valence-electron chi connectivity index (χ4n) is 1.51. The lowest BCUT2D eigenvalue weighted by atomic mass is 10.2. The molecule has 2 heterocycles. The van der Waals surface area contributed by atoms with Gasteiger partial charge in [0.25, 0.3) is 0 Å². The maximum Gasteiger partial charge on any atom is 0.204 e. The highest BCUT2D eigenvalue weighted by Gasteiger charge is 2.13. The van der Waals surface area contributed by atoms with Gasteiger partial charge in [-0.05, 0) is 25.1 Å². The molecule has 0 bridgehead atoms. The van der Waals surface area contributed by atoms with Crippen molar-refractivity contribution in [2.75, 3.05) is 0 Å². The lowest BCUT2D eigenvalue weighted by molar-refractivity contribution is 0.419. The Morgan fingerprint density at radius 1 is 1.56 bits per heavy atom. The highest BCUT2D eigenvalue weighted by Crippen LogP contribution is 2.19. The minimum atomic E-state index is 0.493. The van der Waals surface area contributed by atoms with E-state index < -0.39 is 0 Å². The maximum absolute atomic E-state index is 5.19. The summed E-state index contributed by atoms with van der Waals surface area (Å²) in [6.45, 7) is 6.94. The second kappa shape index (κ2) is 4.21. The number of nitrogens with one attached hydrogen (secondary N) is 1. The fraction of sp³-hybridized carbons (Fsp3) is 0.500. The number of hydrogen-bond acceptors (Lipinski definition) is 4. The van der Waals surface area contributed by atoms with Crippen LogP contribution in [-0.2, 0) is 6.54 Å². The van der Waals surface area contributed by atoms with E-state index in [2.05, 4.69) is 29.2 Å². The Morgan fingerprint density at radius 3 is 2.88 bits per heavy atom. The third-order valence-corrected chi connectivity index (χ3v) is 2.47. The highest BCUT2D eigenvalue weighted by molar-refractivity contribution is 7.71. The van der Waals surface area contributed by atoms with Crippen LogP contribution in [0.15, 0.2) is 10.6 Å². The van der Waals surface area contributed by atoms with Crippen LogP contribution in [0.2, 0.25) is 0 Å². The van der Waals surface area contributed by atoms with Crippen molar-refractivity contribution in [1.82, 2.24) is 19.9 Å². The average Bonchev–Trinajstić information content (AvgIpc) is 2.75. The minimum Gasteiger partial charge on any atom is -0.353 e. The number of rotatable bonds is 3. The van der Waals surface area contributed by atoms with Crippen LogP contribution in [-0.4, -0.2) is 19.9 Å². The molecule has 0 unspecified atom stereocenters. The molecule has 6 heteroatoms. The molecule has 0 aromatic carbocycles. The summed E-state index contributed by atoms with van der Waals surface area (Å²) in [6, 6.07) is 1.85. The number of aromatic nitrogens is 4. The molecule has 0 aliphatic heterocycles. The van der Waals surface area contributed by atoms with Crippen molar-refractivity contribution in [3.63, 3.8) is 0 Å². The van der Waals surface area contributed by atoms with E-state index in [1.54, 1.807) is 0 Å². The van der Waals surface area contributed by atoms with Crippen molar-refractivity contribution < 1.29 is 4.52 Å². The SMILES string of the molecule is Cc1cc(-c2n[nH]c(=S)n2CC(C)C)on1. The number of nitrogens with zero attached hydrogens (tertiary/aromatic N) is 3. The molecule has 0 amide bonds. The normalized spacial score (nSPS) is 11.2. The lowest BCUT2D eigenvalue weighted by Gasteiger charge is -2.06. The molecule has 0 aliphatic rings. The first-order valence-electron chi connectivity index (χ1n) is 5.17. The molecule has 0 saturated heterocycles. The zero-order chi connectivity index (χ0) is 11.7. The maximum atomic E-state index is 5.19. The van der Waals surface area contributed by atoms with Crippen molar-refractivity contribution in [2.24, 2.45) is 5.92 Å². The molecule has 0 radical (unpaired) electrons. The first-order valence-corrected chi connectivity index (χ1v) is 5.57. The van der Waals surface area contributed by atoms with Gasteiger partial charge < -0.3 is 4.52 Å². The third kappa shape index (κ3) is 2.06. The first kappa shape index (κ1) is 11.1. The Morgan fingerprint density at radius 2 is 2.31 bits per heavy atom. The average molecular weight is 238 g/mol. The Hall–Kier alpha value is -1.43. The summed E-state index contributed by atoms with van der Waals surface area (Å²) in [6.07, 6.45) is 0. The first-order chi connectivity index (χ1) is 7.58. The van der Waals surface area contributed by atoms with Crippen LogP contribution in [0.5, 0.6) is 0 Å². The van der Waals surface area contributed by atoms with E-state index in [4.69, 9.17) is 16.7 Å². The predicted octanol–water partition coefficient (Wildman–Crippen LogP) is 2.56. The molecule has 16 heavy (non-hydrogen) atoms. The van der Waals surface area contributed by atoms with Gasteiger partial charge in [0.05, 0.1) is 5.69 Å². The smallest absolute Gasteiger partial charge is 0.204 e. The van der Waals surface area contributed by atoms with Crippen molar-refractivity contribution >= 4 is 12.2 Å². The van der Waals surface area contributed by atoms with Gasteiger partial charge >= 0.3 is 0 Å². The van der Waals surface area contributed by atoms with E-state index in [0.29, 0.717) is 22.3 Å². The lowest BCUT2D eigenvalue weighted by Crippen LogP contribution is -2.06. The van der Waals surface area contributed by atoms with Crippen molar-refractivity contribution in [3.8, 4) is 11.6 Å². The van der Waals surface area contributed by atoms with E-state index in [9.17, 15) is 0 Å². The highest BCUT2D eigenvalue weighted by atomic mass is 32.1. The van der Waals surface area contributed by atoms with E-state index in [1.807, 2.05) is 17.6 Å². The summed E-state index contributed by atoms with van der Waals surface area (Å²) in [7, 11) is 0. The van der Waals surface area contributed by atoms with E-state index in [1.165, 1.54) is 0 Å². The molecule has 2 aromatic rings. The summed E-state index contributed by atoms with van der Waals surface area (Å²) in [5.41, 5.74) is 0.833. The molecule has 0 saturated carbocycles. The van der Waals surface area contributed by atoms with Gasteiger partial charge in [0.2, 0.25) is 11.6 Å². The van der Waals surface area contributed by atoms with Crippen LogP contribution in [0.3, 0.4) is 0 Å². The molecule has 1 N–H and O–H groups in total. The van der Waals surface area contributed by atoms with Gasteiger partial charge in [0.1, 0.15) is 0 Å². The Bertz CT molecular complexity index is 537. The van der Waals surface area contributed by atoms with Gasteiger partial charge in [-0.25, -0.2) is 0 Å². The summed E-state index contributed by atoms with van der Waals surface area (Å²) >= 11 is 5.18. The van der Waals surface area contributed by atoms with Gasteiger partial charge in [-0.2, -0.15) is 5.10 Å². The van der Waals surface area contributed by atoms with Crippen LogP contribution in [0.4, 0.5) is 0 Å². The zero-order valence-corrected chi connectivity index (χ0v) is 10.3.